The van der Waals surface area contributed by atoms with Crippen molar-refractivity contribution < 1.29 is 55.9 Å². The topological polar surface area (TPSA) is 218 Å². The fourth-order valence-corrected chi connectivity index (χ4v) is 5.15. The van der Waals surface area contributed by atoms with E-state index in [2.05, 4.69) is 18.1 Å². The van der Waals surface area contributed by atoms with E-state index in [1.807, 2.05) is 0 Å². The molecule has 168 valence electrons. The molecule has 1 aromatic rings. The quantitative estimate of drug-likeness (QED) is 0.182. The van der Waals surface area contributed by atoms with Gasteiger partial charge in [-0.1, -0.05) is 0 Å². The molecule has 0 saturated heterocycles. The Bertz CT molecular complexity index is 973. The van der Waals surface area contributed by atoms with Gasteiger partial charge in [0.1, 0.15) is 0 Å². The van der Waals surface area contributed by atoms with Gasteiger partial charge in [0.05, 0.1) is 19.3 Å². The second-order valence-electron chi connectivity index (χ2n) is 5.74. The van der Waals surface area contributed by atoms with E-state index in [9.17, 15) is 32.9 Å². The number of aliphatic hydroxyl groups excluding tert-OH is 1. The van der Waals surface area contributed by atoms with Gasteiger partial charge < -0.3 is 29.2 Å². The normalized spacial score (nSPS) is 19.7. The number of phosphoric acid groups is 3. The Labute approximate surface area is 167 Å². The maximum Gasteiger partial charge on any atom is 0.490 e. The summed E-state index contributed by atoms with van der Waals surface area (Å²) in [6.45, 7) is -0.379. The van der Waals surface area contributed by atoms with E-state index in [1.54, 1.807) is 0 Å². The molecule has 0 aromatic carbocycles. The number of phosphoric ester groups is 1. The van der Waals surface area contributed by atoms with Gasteiger partial charge >= 0.3 is 23.5 Å². The Morgan fingerprint density at radius 3 is 2.34 bits per heavy atom. The van der Waals surface area contributed by atoms with Crippen molar-refractivity contribution in [3.05, 3.63) is 27.4 Å². The van der Waals surface area contributed by atoms with Crippen LogP contribution in [0, 0.1) is 4.77 Å². The maximum absolute atomic E-state index is 14.7. The molecular weight excluding hydrogens is 484 g/mol. The monoisotopic (exact) mass is 502 g/mol. The summed E-state index contributed by atoms with van der Waals surface area (Å²) >= 11 is 4.85. The number of rotatable bonds is 11. The molecule has 1 heterocycles. The van der Waals surface area contributed by atoms with Gasteiger partial charge in [-0.3, -0.25) is 14.3 Å². The predicted molar refractivity (Wildman–Crippen MR) is 95.8 cm³/mol. The number of nitrogens with one attached hydrogen (secondary N) is 1. The van der Waals surface area contributed by atoms with Crippen molar-refractivity contribution in [2.75, 3.05) is 6.61 Å². The molecule has 0 radical (unpaired) electrons. The van der Waals surface area contributed by atoms with E-state index in [0.717, 1.165) is 17.6 Å². The molecule has 4 atom stereocenters. The molecule has 0 aliphatic carbocycles. The summed E-state index contributed by atoms with van der Waals surface area (Å²) in [6, 6.07) is 1.08. The lowest BCUT2D eigenvalue weighted by molar-refractivity contribution is -0.0209. The standard InChI is InChI=1S/C10H18FN2O12P3S/c1-10(11,6-13-4-2-8(15)12-9(13)29)7(14)3-5-23-27(19,20)25-28(21,22)24-26(16,17)18/h2,4,7,14H,3,5-6H2,1H3,(H,19,20)(H,21,22)(H,12,15,29)(H2,16,17,18)/t7-,10?/m0/s1. The van der Waals surface area contributed by atoms with Crippen molar-refractivity contribution in [1.29, 1.82) is 0 Å². The molecule has 1 rings (SSSR count). The van der Waals surface area contributed by atoms with E-state index in [-0.39, 0.29) is 4.77 Å². The Hall–Kier alpha value is -0.600. The molecule has 29 heavy (non-hydrogen) atoms. The van der Waals surface area contributed by atoms with E-state index in [1.165, 1.54) is 6.20 Å². The first-order valence-corrected chi connectivity index (χ1v) is 12.3. The van der Waals surface area contributed by atoms with Crippen molar-refractivity contribution in [3.8, 4) is 0 Å². The summed E-state index contributed by atoms with van der Waals surface area (Å²) in [5.74, 6) is 0. The minimum absolute atomic E-state index is 0.109. The fraction of sp³-hybridized carbons (Fsp3) is 0.600. The first-order valence-electron chi connectivity index (χ1n) is 7.38. The highest BCUT2D eigenvalue weighted by Gasteiger charge is 2.41. The number of hydrogen-bond acceptors (Lipinski definition) is 9. The van der Waals surface area contributed by atoms with Crippen LogP contribution in [0.5, 0.6) is 0 Å². The molecule has 3 unspecified atom stereocenters. The summed E-state index contributed by atoms with van der Waals surface area (Å²) in [7, 11) is -16.6. The highest BCUT2D eigenvalue weighted by atomic mass is 32.1. The Kier molecular flexibility index (Phi) is 8.83. The third-order valence-electron chi connectivity index (χ3n) is 3.13. The average Bonchev–Trinajstić information content (AvgIpc) is 2.45. The van der Waals surface area contributed by atoms with E-state index >= 15 is 0 Å². The minimum Gasteiger partial charge on any atom is -0.390 e. The SMILES string of the molecule is CC(F)(Cn1ccc(=O)[nH]c1=S)[C@@H](O)CCOP(=O)(O)OP(=O)(O)OP(=O)(O)O. The van der Waals surface area contributed by atoms with Crippen LogP contribution >= 0.6 is 35.7 Å². The van der Waals surface area contributed by atoms with Gasteiger partial charge in [-0.2, -0.15) is 8.62 Å². The largest absolute Gasteiger partial charge is 0.490 e. The third-order valence-corrected chi connectivity index (χ3v) is 7.31. The summed E-state index contributed by atoms with van der Waals surface area (Å²) in [4.78, 5) is 48.4. The zero-order valence-corrected chi connectivity index (χ0v) is 18.0. The molecule has 0 aliphatic heterocycles. The lowest BCUT2D eigenvalue weighted by Gasteiger charge is -2.27. The molecule has 6 N–H and O–H groups in total. The number of aliphatic hydroxyl groups is 1. The van der Waals surface area contributed by atoms with Crippen LogP contribution in [0.4, 0.5) is 4.39 Å². The minimum atomic E-state index is -5.67. The highest BCUT2D eigenvalue weighted by Crippen LogP contribution is 2.66. The summed E-state index contributed by atoms with van der Waals surface area (Å²) in [5, 5.41) is 9.95. The zero-order chi connectivity index (χ0) is 22.7. The fourth-order valence-electron chi connectivity index (χ4n) is 1.89. The number of aromatic nitrogens is 2. The molecule has 0 amide bonds. The van der Waals surface area contributed by atoms with Gasteiger partial charge in [-0.15, -0.1) is 0 Å². The van der Waals surface area contributed by atoms with Gasteiger partial charge in [-0.25, -0.2) is 18.1 Å². The third kappa shape index (κ3) is 9.83. The molecule has 0 spiro atoms. The molecular formula is C10H18FN2O12P3S. The maximum atomic E-state index is 14.7. The van der Waals surface area contributed by atoms with Gasteiger partial charge in [0.25, 0.3) is 5.56 Å². The molecule has 0 bridgehead atoms. The van der Waals surface area contributed by atoms with E-state index in [4.69, 9.17) is 26.9 Å². The van der Waals surface area contributed by atoms with Gasteiger partial charge in [0.15, 0.2) is 10.4 Å². The molecule has 0 aliphatic rings. The van der Waals surface area contributed by atoms with Crippen LogP contribution in [0.25, 0.3) is 0 Å². The van der Waals surface area contributed by atoms with Crippen LogP contribution < -0.4 is 5.56 Å². The summed E-state index contributed by atoms with van der Waals surface area (Å²) < 4.78 is 60.2. The van der Waals surface area contributed by atoms with Crippen LogP contribution in [0.1, 0.15) is 13.3 Å². The molecule has 14 nitrogen and oxygen atoms in total. The Morgan fingerprint density at radius 2 is 1.83 bits per heavy atom. The average molecular weight is 502 g/mol. The summed E-state index contributed by atoms with van der Waals surface area (Å²) in [6.07, 6.45) is -1.20. The van der Waals surface area contributed by atoms with Crippen LogP contribution in [-0.2, 0) is 33.4 Å². The second-order valence-corrected chi connectivity index (χ2v) is 10.6. The Balaban J connectivity index is 2.66. The van der Waals surface area contributed by atoms with Crippen molar-refractivity contribution in [2.45, 2.75) is 31.7 Å². The second kappa shape index (κ2) is 9.69. The van der Waals surface area contributed by atoms with Crippen LogP contribution in [-0.4, -0.2) is 52.6 Å². The van der Waals surface area contributed by atoms with Crippen LogP contribution in [0.3, 0.4) is 0 Å². The Morgan fingerprint density at radius 1 is 1.24 bits per heavy atom. The number of nitrogens with zero attached hydrogens (tertiary/aromatic N) is 1. The molecule has 0 fully saturated rings. The van der Waals surface area contributed by atoms with Gasteiger partial charge in [0, 0.05) is 18.7 Å². The van der Waals surface area contributed by atoms with Gasteiger partial charge in [0.2, 0.25) is 0 Å². The predicted octanol–water partition coefficient (Wildman–Crippen LogP) is 0.728. The number of H-pyrrole nitrogens is 1. The van der Waals surface area contributed by atoms with Crippen molar-refractivity contribution in [1.82, 2.24) is 9.55 Å². The summed E-state index contributed by atoms with van der Waals surface area (Å²) in [5.41, 5.74) is -2.86. The highest BCUT2D eigenvalue weighted by molar-refractivity contribution is 7.71. The molecule has 1 aromatic heterocycles. The first kappa shape index (κ1) is 26.4. The van der Waals surface area contributed by atoms with E-state index in [0.29, 0.717) is 0 Å². The van der Waals surface area contributed by atoms with Crippen molar-refractivity contribution >= 4 is 35.7 Å². The number of hydrogen-bond donors (Lipinski definition) is 6. The molecule has 0 saturated carbocycles. The van der Waals surface area contributed by atoms with Crippen LogP contribution in [0.2, 0.25) is 0 Å². The van der Waals surface area contributed by atoms with Crippen molar-refractivity contribution in [2.24, 2.45) is 0 Å². The zero-order valence-electron chi connectivity index (χ0n) is 14.5. The lowest BCUT2D eigenvalue weighted by Crippen LogP contribution is -2.40. The first-order chi connectivity index (χ1) is 12.9. The lowest BCUT2D eigenvalue weighted by atomic mass is 9.99. The number of aromatic amines is 1. The van der Waals surface area contributed by atoms with Gasteiger partial charge in [-0.05, 0) is 19.1 Å². The number of alkyl halides is 1. The van der Waals surface area contributed by atoms with Crippen LogP contribution in [0.15, 0.2) is 17.1 Å². The smallest absolute Gasteiger partial charge is 0.390 e. The molecule has 19 heteroatoms. The number of halogens is 1. The van der Waals surface area contributed by atoms with Crippen molar-refractivity contribution in [3.63, 3.8) is 0 Å². The van der Waals surface area contributed by atoms with E-state index < -0.39 is 60.4 Å².